The molecule has 84 valence electrons. The van der Waals surface area contributed by atoms with Gasteiger partial charge < -0.3 is 5.73 Å². The van der Waals surface area contributed by atoms with E-state index in [1.165, 1.54) is 6.07 Å². The number of nitrogens with two attached hydrogens (primary N) is 1. The van der Waals surface area contributed by atoms with Crippen LogP contribution in [0.25, 0.3) is 10.9 Å². The summed E-state index contributed by atoms with van der Waals surface area (Å²) in [5.74, 6) is -0.260. The average Bonchev–Trinajstić information content (AvgIpc) is 2.20. The number of fused-ring (bicyclic) bond motifs is 1. The van der Waals surface area contributed by atoms with Gasteiger partial charge in [0.15, 0.2) is 0 Å². The third-order valence-corrected chi connectivity index (χ3v) is 3.08. The molecule has 0 fully saturated rings. The molecule has 0 spiro atoms. The van der Waals surface area contributed by atoms with Crippen LogP contribution in [0.2, 0.25) is 0 Å². The van der Waals surface area contributed by atoms with Crippen LogP contribution in [0.4, 0.5) is 4.39 Å². The molecule has 0 unspecified atom stereocenters. The molecule has 0 aliphatic rings. The Bertz CT molecular complexity index is 540. The number of aryl methyl sites for hydroxylation is 1. The largest absolute Gasteiger partial charge is 0.330 e. The molecule has 2 aromatic rings. The van der Waals surface area contributed by atoms with Crippen molar-refractivity contribution in [2.75, 3.05) is 6.54 Å². The molecular formula is C12H12FIN2. The number of hydrogen-bond acceptors (Lipinski definition) is 2. The van der Waals surface area contributed by atoms with Crippen LogP contribution >= 0.6 is 22.6 Å². The maximum atomic E-state index is 13.7. The van der Waals surface area contributed by atoms with Gasteiger partial charge in [-0.15, -0.1) is 0 Å². The molecule has 0 bridgehead atoms. The highest BCUT2D eigenvalue weighted by Gasteiger charge is 2.09. The fourth-order valence-corrected chi connectivity index (χ4v) is 2.41. The highest BCUT2D eigenvalue weighted by molar-refractivity contribution is 14.1. The molecule has 2 rings (SSSR count). The number of pyridine rings is 1. The van der Waals surface area contributed by atoms with Crippen LogP contribution in [0.3, 0.4) is 0 Å². The van der Waals surface area contributed by atoms with E-state index in [1.54, 1.807) is 0 Å². The Morgan fingerprint density at radius 3 is 2.81 bits per heavy atom. The zero-order chi connectivity index (χ0) is 11.7. The van der Waals surface area contributed by atoms with Crippen LogP contribution in [-0.2, 0) is 6.42 Å². The van der Waals surface area contributed by atoms with Crippen LogP contribution in [0.15, 0.2) is 18.2 Å². The Hall–Kier alpha value is -0.750. The van der Waals surface area contributed by atoms with Crippen LogP contribution < -0.4 is 5.73 Å². The molecule has 0 saturated carbocycles. The van der Waals surface area contributed by atoms with Gasteiger partial charge in [-0.3, -0.25) is 4.98 Å². The predicted octanol–water partition coefficient (Wildman–Crippen LogP) is 2.79. The Labute approximate surface area is 107 Å². The van der Waals surface area contributed by atoms with Crippen molar-refractivity contribution in [3.63, 3.8) is 0 Å². The number of aromatic nitrogens is 1. The van der Waals surface area contributed by atoms with Crippen molar-refractivity contribution in [2.24, 2.45) is 5.73 Å². The Morgan fingerprint density at radius 1 is 1.38 bits per heavy atom. The second-order valence-electron chi connectivity index (χ2n) is 3.75. The van der Waals surface area contributed by atoms with Gasteiger partial charge in [0.05, 0.1) is 0 Å². The molecule has 0 aliphatic heterocycles. The van der Waals surface area contributed by atoms with E-state index in [1.807, 2.05) is 19.1 Å². The Balaban J connectivity index is 2.78. The first-order valence-corrected chi connectivity index (χ1v) is 6.15. The fraction of sp³-hybridized carbons (Fsp3) is 0.250. The molecule has 16 heavy (non-hydrogen) atoms. The van der Waals surface area contributed by atoms with E-state index in [9.17, 15) is 4.39 Å². The molecule has 1 aromatic heterocycles. The van der Waals surface area contributed by atoms with Gasteiger partial charge >= 0.3 is 0 Å². The van der Waals surface area contributed by atoms with E-state index >= 15 is 0 Å². The lowest BCUT2D eigenvalue weighted by Gasteiger charge is -2.08. The minimum Gasteiger partial charge on any atom is -0.330 e. The first kappa shape index (κ1) is 11.7. The highest BCUT2D eigenvalue weighted by atomic mass is 127. The van der Waals surface area contributed by atoms with Gasteiger partial charge in [0.2, 0.25) is 0 Å². The van der Waals surface area contributed by atoms with Crippen molar-refractivity contribution in [1.82, 2.24) is 4.98 Å². The minimum atomic E-state index is -0.260. The molecule has 0 atom stereocenters. The van der Waals surface area contributed by atoms with Gasteiger partial charge in [0, 0.05) is 14.7 Å². The SMILES string of the molecule is Cc1cc(CCN)c2cc(I)cc(F)c2n1. The van der Waals surface area contributed by atoms with Gasteiger partial charge in [-0.05, 0) is 66.2 Å². The summed E-state index contributed by atoms with van der Waals surface area (Å²) in [7, 11) is 0. The molecule has 0 aliphatic carbocycles. The standard InChI is InChI=1S/C12H12FIN2/c1-7-4-8(2-3-15)10-5-9(14)6-11(13)12(10)16-7/h4-6H,2-3,15H2,1H3. The maximum absolute atomic E-state index is 13.7. The lowest BCUT2D eigenvalue weighted by Crippen LogP contribution is -2.04. The summed E-state index contributed by atoms with van der Waals surface area (Å²) in [6.07, 6.45) is 0.749. The van der Waals surface area contributed by atoms with Gasteiger partial charge in [0.1, 0.15) is 11.3 Å². The van der Waals surface area contributed by atoms with Gasteiger partial charge in [-0.25, -0.2) is 4.39 Å². The van der Waals surface area contributed by atoms with E-state index in [0.29, 0.717) is 12.1 Å². The third kappa shape index (κ3) is 2.17. The molecule has 4 heteroatoms. The number of rotatable bonds is 2. The maximum Gasteiger partial charge on any atom is 0.150 e. The minimum absolute atomic E-state index is 0.260. The van der Waals surface area contributed by atoms with E-state index < -0.39 is 0 Å². The molecule has 2 N–H and O–H groups in total. The van der Waals surface area contributed by atoms with Gasteiger partial charge in [0.25, 0.3) is 0 Å². The van der Waals surface area contributed by atoms with Gasteiger partial charge in [-0.1, -0.05) is 0 Å². The zero-order valence-corrected chi connectivity index (χ0v) is 11.1. The lowest BCUT2D eigenvalue weighted by molar-refractivity contribution is 0.635. The van der Waals surface area contributed by atoms with E-state index in [-0.39, 0.29) is 5.82 Å². The molecule has 0 amide bonds. The molecule has 0 radical (unpaired) electrons. The van der Waals surface area contributed by atoms with E-state index in [4.69, 9.17) is 5.73 Å². The fourth-order valence-electron chi connectivity index (χ4n) is 1.83. The third-order valence-electron chi connectivity index (χ3n) is 2.46. The van der Waals surface area contributed by atoms with Crippen LogP contribution in [0.5, 0.6) is 0 Å². The molecule has 1 aromatic carbocycles. The smallest absolute Gasteiger partial charge is 0.150 e. The van der Waals surface area contributed by atoms with Crippen molar-refractivity contribution < 1.29 is 4.39 Å². The van der Waals surface area contributed by atoms with E-state index in [0.717, 1.165) is 26.6 Å². The van der Waals surface area contributed by atoms with Crippen LogP contribution in [0.1, 0.15) is 11.3 Å². The van der Waals surface area contributed by atoms with Crippen molar-refractivity contribution in [3.05, 3.63) is 38.8 Å². The Morgan fingerprint density at radius 2 is 2.12 bits per heavy atom. The summed E-state index contributed by atoms with van der Waals surface area (Å²) >= 11 is 2.11. The zero-order valence-electron chi connectivity index (χ0n) is 8.93. The predicted molar refractivity (Wildman–Crippen MR) is 71.9 cm³/mol. The highest BCUT2D eigenvalue weighted by Crippen LogP contribution is 2.24. The van der Waals surface area contributed by atoms with Crippen LogP contribution in [0, 0.1) is 16.3 Å². The average molecular weight is 330 g/mol. The summed E-state index contributed by atoms with van der Waals surface area (Å²) in [4.78, 5) is 4.24. The number of hydrogen-bond donors (Lipinski definition) is 1. The monoisotopic (exact) mass is 330 g/mol. The first-order chi connectivity index (χ1) is 7.61. The van der Waals surface area contributed by atoms with Gasteiger partial charge in [-0.2, -0.15) is 0 Å². The second-order valence-corrected chi connectivity index (χ2v) is 4.99. The topological polar surface area (TPSA) is 38.9 Å². The summed E-state index contributed by atoms with van der Waals surface area (Å²) in [5.41, 5.74) is 7.91. The molecular weight excluding hydrogens is 318 g/mol. The lowest BCUT2D eigenvalue weighted by atomic mass is 10.0. The normalized spacial score (nSPS) is 11.0. The molecule has 0 saturated heterocycles. The van der Waals surface area contributed by atoms with Crippen molar-refractivity contribution in [1.29, 1.82) is 0 Å². The summed E-state index contributed by atoms with van der Waals surface area (Å²) in [6.45, 7) is 2.43. The Kier molecular flexibility index (Phi) is 3.39. The number of halogens is 2. The van der Waals surface area contributed by atoms with Crippen LogP contribution in [-0.4, -0.2) is 11.5 Å². The number of benzene rings is 1. The summed E-state index contributed by atoms with van der Waals surface area (Å²) in [5, 5.41) is 0.875. The molecule has 1 heterocycles. The first-order valence-electron chi connectivity index (χ1n) is 5.07. The quantitative estimate of drug-likeness (QED) is 0.860. The number of nitrogens with zero attached hydrogens (tertiary/aromatic N) is 1. The van der Waals surface area contributed by atoms with Crippen molar-refractivity contribution in [2.45, 2.75) is 13.3 Å². The second kappa shape index (κ2) is 4.63. The molecule has 2 nitrogen and oxygen atoms in total. The van der Waals surface area contributed by atoms with Crippen molar-refractivity contribution >= 4 is 33.5 Å². The van der Waals surface area contributed by atoms with E-state index in [2.05, 4.69) is 27.6 Å². The summed E-state index contributed by atoms with van der Waals surface area (Å²) in [6, 6.07) is 5.43. The van der Waals surface area contributed by atoms with Crippen molar-refractivity contribution in [3.8, 4) is 0 Å². The summed E-state index contributed by atoms with van der Waals surface area (Å²) < 4.78 is 14.6.